The quantitative estimate of drug-likeness (QED) is 0.685. The number of para-hydroxylation sites is 1. The molecule has 0 aromatic heterocycles. The van der Waals surface area contributed by atoms with Crippen LogP contribution < -0.4 is 0 Å². The molecule has 2 aromatic carbocycles. The highest BCUT2D eigenvalue weighted by molar-refractivity contribution is 8.18. The van der Waals surface area contributed by atoms with Crippen LogP contribution in [0.4, 0.5) is 5.69 Å². The topological polar surface area (TPSA) is 79.1 Å². The molecule has 0 fully saturated rings. The first-order chi connectivity index (χ1) is 13.0. The van der Waals surface area contributed by atoms with Gasteiger partial charge < -0.3 is 14.9 Å². The molecule has 0 aliphatic carbocycles. The Balaban J connectivity index is 2.05. The molecule has 7 heteroatoms. The van der Waals surface area contributed by atoms with Gasteiger partial charge in [0, 0.05) is 0 Å². The number of phenols is 1. The van der Waals surface area contributed by atoms with Gasteiger partial charge in [0.1, 0.15) is 22.1 Å². The third-order valence-electron chi connectivity index (χ3n) is 3.64. The molecular formula is C20H16ClNO4S. The smallest absolute Gasteiger partial charge is 0.344 e. The molecule has 1 heterocycles. The molecule has 0 bridgehead atoms. The SMILES string of the molecule is CCOC(=O)C1=C(O)/C(=C\c2ccc(O)cc2)SC1=Nc1ccccc1Cl. The largest absolute Gasteiger partial charge is 0.508 e. The molecule has 27 heavy (non-hydrogen) atoms. The number of hydrogen-bond donors (Lipinski definition) is 2. The van der Waals surface area contributed by atoms with Crippen LogP contribution in [0.15, 0.2) is 69.8 Å². The van der Waals surface area contributed by atoms with Crippen LogP contribution in [-0.4, -0.2) is 27.8 Å². The number of phenolic OH excluding ortho intramolecular Hbond substituents is 1. The van der Waals surface area contributed by atoms with Crippen LogP contribution in [0.25, 0.3) is 6.08 Å². The van der Waals surface area contributed by atoms with Crippen molar-refractivity contribution >= 4 is 46.1 Å². The van der Waals surface area contributed by atoms with E-state index >= 15 is 0 Å². The average Bonchev–Trinajstić information content (AvgIpc) is 2.94. The molecule has 0 unspecified atom stereocenters. The van der Waals surface area contributed by atoms with Gasteiger partial charge in [0.05, 0.1) is 22.2 Å². The number of thioether (sulfide) groups is 1. The summed E-state index contributed by atoms with van der Waals surface area (Å²) < 4.78 is 5.06. The van der Waals surface area contributed by atoms with Crippen molar-refractivity contribution in [1.29, 1.82) is 0 Å². The number of carbonyl (C=O) groups excluding carboxylic acids is 1. The number of ether oxygens (including phenoxy) is 1. The number of esters is 1. The fraction of sp³-hybridized carbons (Fsp3) is 0.100. The van der Waals surface area contributed by atoms with Gasteiger partial charge in [-0.2, -0.15) is 0 Å². The van der Waals surface area contributed by atoms with Crippen LogP contribution >= 0.6 is 23.4 Å². The maximum absolute atomic E-state index is 12.4. The van der Waals surface area contributed by atoms with Crippen molar-refractivity contribution in [3.63, 3.8) is 0 Å². The Morgan fingerprint density at radius 1 is 1.19 bits per heavy atom. The van der Waals surface area contributed by atoms with Gasteiger partial charge in [-0.3, -0.25) is 0 Å². The van der Waals surface area contributed by atoms with Crippen molar-refractivity contribution in [2.24, 2.45) is 4.99 Å². The molecule has 0 atom stereocenters. The van der Waals surface area contributed by atoms with E-state index < -0.39 is 5.97 Å². The lowest BCUT2D eigenvalue weighted by atomic mass is 10.1. The van der Waals surface area contributed by atoms with Gasteiger partial charge >= 0.3 is 5.97 Å². The first kappa shape index (κ1) is 19.1. The van der Waals surface area contributed by atoms with E-state index in [1.165, 1.54) is 12.1 Å². The highest BCUT2D eigenvalue weighted by atomic mass is 35.5. The molecular weight excluding hydrogens is 386 g/mol. The Kier molecular flexibility index (Phi) is 5.88. The van der Waals surface area contributed by atoms with Crippen LogP contribution in [0.5, 0.6) is 5.75 Å². The summed E-state index contributed by atoms with van der Waals surface area (Å²) >= 11 is 7.31. The number of rotatable bonds is 4. The van der Waals surface area contributed by atoms with Crippen LogP contribution in [0.3, 0.4) is 0 Å². The molecule has 0 amide bonds. The maximum Gasteiger partial charge on any atom is 0.344 e. The highest BCUT2D eigenvalue weighted by Gasteiger charge is 2.33. The molecule has 0 saturated carbocycles. The second-order valence-corrected chi connectivity index (χ2v) is 6.95. The van der Waals surface area contributed by atoms with E-state index in [1.807, 2.05) is 0 Å². The number of aromatic hydroxyl groups is 1. The predicted molar refractivity (Wildman–Crippen MR) is 109 cm³/mol. The van der Waals surface area contributed by atoms with Crippen LogP contribution in [0.2, 0.25) is 5.02 Å². The van der Waals surface area contributed by atoms with E-state index in [1.54, 1.807) is 49.4 Å². The number of nitrogens with zero attached hydrogens (tertiary/aromatic N) is 1. The van der Waals surface area contributed by atoms with Crippen LogP contribution in [0.1, 0.15) is 12.5 Å². The monoisotopic (exact) mass is 401 g/mol. The Hall–Kier alpha value is -2.70. The van der Waals surface area contributed by atoms with E-state index in [4.69, 9.17) is 16.3 Å². The van der Waals surface area contributed by atoms with Gasteiger partial charge in [-0.1, -0.05) is 47.6 Å². The maximum atomic E-state index is 12.4. The second kappa shape index (κ2) is 8.33. The zero-order valence-corrected chi connectivity index (χ0v) is 15.9. The van der Waals surface area contributed by atoms with E-state index in [-0.39, 0.29) is 23.7 Å². The lowest BCUT2D eigenvalue weighted by molar-refractivity contribution is -0.138. The third kappa shape index (κ3) is 4.35. The molecule has 138 valence electrons. The first-order valence-electron chi connectivity index (χ1n) is 8.12. The van der Waals surface area contributed by atoms with E-state index in [9.17, 15) is 15.0 Å². The number of halogens is 1. The molecule has 1 aliphatic heterocycles. The lowest BCUT2D eigenvalue weighted by Gasteiger charge is -2.04. The minimum atomic E-state index is -0.651. The summed E-state index contributed by atoms with van der Waals surface area (Å²) in [5.41, 5.74) is 1.25. The fourth-order valence-corrected chi connectivity index (χ4v) is 3.57. The zero-order valence-electron chi connectivity index (χ0n) is 14.3. The van der Waals surface area contributed by atoms with Crippen molar-refractivity contribution in [2.75, 3.05) is 6.61 Å². The average molecular weight is 402 g/mol. The Morgan fingerprint density at radius 3 is 2.56 bits per heavy atom. The van der Waals surface area contributed by atoms with Crippen molar-refractivity contribution in [2.45, 2.75) is 6.92 Å². The minimum Gasteiger partial charge on any atom is -0.508 e. The normalized spacial score (nSPS) is 17.0. The zero-order chi connectivity index (χ0) is 19.4. The van der Waals surface area contributed by atoms with Crippen molar-refractivity contribution in [3.8, 4) is 5.75 Å². The molecule has 2 aromatic rings. The molecule has 0 spiro atoms. The van der Waals surface area contributed by atoms with Gasteiger partial charge in [-0.15, -0.1) is 0 Å². The molecule has 2 N–H and O–H groups in total. The predicted octanol–water partition coefficient (Wildman–Crippen LogP) is 5.24. The van der Waals surface area contributed by atoms with Gasteiger partial charge in [0.25, 0.3) is 0 Å². The molecule has 0 saturated heterocycles. The molecule has 0 radical (unpaired) electrons. The van der Waals surface area contributed by atoms with E-state index in [2.05, 4.69) is 4.99 Å². The number of aliphatic hydroxyl groups excluding tert-OH is 1. The number of benzene rings is 2. The lowest BCUT2D eigenvalue weighted by Crippen LogP contribution is -2.12. The number of aliphatic imine (C=N–C) groups is 1. The minimum absolute atomic E-state index is 0.00629. The third-order valence-corrected chi connectivity index (χ3v) is 4.98. The molecule has 1 aliphatic rings. The Bertz CT molecular complexity index is 964. The summed E-state index contributed by atoms with van der Waals surface area (Å²) in [7, 11) is 0. The van der Waals surface area contributed by atoms with Gasteiger partial charge in [0.2, 0.25) is 0 Å². The Morgan fingerprint density at radius 2 is 1.89 bits per heavy atom. The van der Waals surface area contributed by atoms with Crippen LogP contribution in [-0.2, 0) is 9.53 Å². The second-order valence-electron chi connectivity index (χ2n) is 5.51. The van der Waals surface area contributed by atoms with Gasteiger partial charge in [0.15, 0.2) is 0 Å². The van der Waals surface area contributed by atoms with Crippen LogP contribution in [0, 0.1) is 0 Å². The first-order valence-corrected chi connectivity index (χ1v) is 9.32. The van der Waals surface area contributed by atoms with E-state index in [0.717, 1.165) is 17.3 Å². The summed E-state index contributed by atoms with van der Waals surface area (Å²) in [4.78, 5) is 17.3. The summed E-state index contributed by atoms with van der Waals surface area (Å²) in [6.45, 7) is 1.87. The molecule has 3 rings (SSSR count). The number of carbonyl (C=O) groups is 1. The number of aliphatic hydroxyl groups is 1. The van der Waals surface area contributed by atoms with Crippen molar-refractivity contribution in [3.05, 3.63) is 75.4 Å². The van der Waals surface area contributed by atoms with E-state index in [0.29, 0.717) is 20.7 Å². The highest BCUT2D eigenvalue weighted by Crippen LogP contribution is 2.41. The van der Waals surface area contributed by atoms with Gasteiger partial charge in [-0.25, -0.2) is 9.79 Å². The van der Waals surface area contributed by atoms with Gasteiger partial charge in [-0.05, 0) is 42.8 Å². The standard InChI is InChI=1S/C20H16ClNO4S/c1-2-26-20(25)17-18(24)16(11-12-7-9-13(23)10-8-12)27-19(17)22-15-6-4-3-5-14(15)21/h3-11,23-24H,2H2,1H3/b16-11+,22-19?. The van der Waals surface area contributed by atoms with Crippen molar-refractivity contribution < 1.29 is 19.7 Å². The summed E-state index contributed by atoms with van der Waals surface area (Å²) in [5, 5.41) is 20.7. The summed E-state index contributed by atoms with van der Waals surface area (Å²) in [6, 6.07) is 13.5. The fourth-order valence-electron chi connectivity index (χ4n) is 2.37. The summed E-state index contributed by atoms with van der Waals surface area (Å²) in [5.74, 6) is -0.705. The van der Waals surface area contributed by atoms with Crippen molar-refractivity contribution in [1.82, 2.24) is 0 Å². The Labute approximate surface area is 165 Å². The number of hydrogen-bond acceptors (Lipinski definition) is 6. The summed E-state index contributed by atoms with van der Waals surface area (Å²) in [6.07, 6.45) is 1.70. The molecule has 5 nitrogen and oxygen atoms in total.